The Morgan fingerprint density at radius 2 is 2.04 bits per heavy atom. The van der Waals surface area contributed by atoms with Crippen LogP contribution in [0.15, 0.2) is 42.5 Å². The van der Waals surface area contributed by atoms with Crippen LogP contribution in [0.3, 0.4) is 0 Å². The van der Waals surface area contributed by atoms with E-state index in [1.165, 1.54) is 30.3 Å². The number of carbonyl (C=O) groups is 1. The molecule has 2 rings (SSSR count). The molecule has 6 nitrogen and oxygen atoms in total. The summed E-state index contributed by atoms with van der Waals surface area (Å²) in [6.07, 6.45) is -1.21. The Bertz CT molecular complexity index is 749. The third kappa shape index (κ3) is 4.10. The number of benzene rings is 2. The highest BCUT2D eigenvalue weighted by atomic mass is 19.1. The van der Waals surface area contributed by atoms with Crippen LogP contribution in [-0.2, 0) is 0 Å². The predicted molar refractivity (Wildman–Crippen MR) is 81.5 cm³/mol. The highest BCUT2D eigenvalue weighted by molar-refractivity contribution is 5.95. The van der Waals surface area contributed by atoms with Gasteiger partial charge in [0.1, 0.15) is 5.82 Å². The van der Waals surface area contributed by atoms with E-state index < -0.39 is 22.8 Å². The zero-order valence-electron chi connectivity index (χ0n) is 12.3. The van der Waals surface area contributed by atoms with Crippen molar-refractivity contribution in [3.05, 3.63) is 75.1 Å². The van der Waals surface area contributed by atoms with Crippen LogP contribution >= 0.6 is 0 Å². The SMILES string of the molecule is Cc1cc(C(=O)NCC(O)c2ccccc2F)cc([N+](=O)[O-])c1. The monoisotopic (exact) mass is 318 g/mol. The summed E-state index contributed by atoms with van der Waals surface area (Å²) < 4.78 is 13.5. The van der Waals surface area contributed by atoms with Gasteiger partial charge < -0.3 is 10.4 Å². The Hall–Kier alpha value is -2.80. The third-order valence-electron chi connectivity index (χ3n) is 3.26. The van der Waals surface area contributed by atoms with Gasteiger partial charge in [0.05, 0.1) is 11.0 Å². The summed E-state index contributed by atoms with van der Waals surface area (Å²) in [6, 6.07) is 9.71. The topological polar surface area (TPSA) is 92.5 Å². The second-order valence-electron chi connectivity index (χ2n) is 5.06. The second-order valence-corrected chi connectivity index (χ2v) is 5.06. The Labute approximate surface area is 131 Å². The van der Waals surface area contributed by atoms with Crippen LogP contribution in [-0.4, -0.2) is 22.5 Å². The smallest absolute Gasteiger partial charge is 0.270 e. The summed E-state index contributed by atoms with van der Waals surface area (Å²) in [6.45, 7) is 1.43. The summed E-state index contributed by atoms with van der Waals surface area (Å²) in [5.74, 6) is -1.15. The molecule has 2 aromatic rings. The van der Waals surface area contributed by atoms with Crippen molar-refractivity contribution in [2.75, 3.05) is 6.54 Å². The van der Waals surface area contributed by atoms with Gasteiger partial charge in [-0.25, -0.2) is 4.39 Å². The van der Waals surface area contributed by atoms with E-state index in [4.69, 9.17) is 0 Å². The lowest BCUT2D eigenvalue weighted by atomic mass is 10.1. The number of hydrogen-bond donors (Lipinski definition) is 2. The first-order valence-electron chi connectivity index (χ1n) is 6.85. The fourth-order valence-electron chi connectivity index (χ4n) is 2.15. The molecule has 0 aliphatic carbocycles. The number of rotatable bonds is 5. The fraction of sp³-hybridized carbons (Fsp3) is 0.188. The molecule has 1 atom stereocenters. The number of carbonyl (C=O) groups excluding carboxylic acids is 1. The molecule has 1 unspecified atom stereocenters. The molecule has 0 bridgehead atoms. The summed E-state index contributed by atoms with van der Waals surface area (Å²) in [5.41, 5.74) is 0.560. The van der Waals surface area contributed by atoms with Gasteiger partial charge in [0.2, 0.25) is 0 Å². The Morgan fingerprint density at radius 3 is 2.70 bits per heavy atom. The molecule has 23 heavy (non-hydrogen) atoms. The van der Waals surface area contributed by atoms with E-state index in [0.717, 1.165) is 6.07 Å². The zero-order chi connectivity index (χ0) is 17.0. The molecule has 2 aromatic carbocycles. The van der Waals surface area contributed by atoms with E-state index in [1.54, 1.807) is 13.0 Å². The molecule has 0 spiro atoms. The van der Waals surface area contributed by atoms with Gasteiger partial charge in [-0.2, -0.15) is 0 Å². The van der Waals surface area contributed by atoms with Crippen molar-refractivity contribution in [3.8, 4) is 0 Å². The van der Waals surface area contributed by atoms with Gasteiger partial charge in [-0.15, -0.1) is 0 Å². The maximum Gasteiger partial charge on any atom is 0.270 e. The molecule has 0 aromatic heterocycles. The lowest BCUT2D eigenvalue weighted by Gasteiger charge is -2.13. The lowest BCUT2D eigenvalue weighted by Crippen LogP contribution is -2.28. The number of halogens is 1. The van der Waals surface area contributed by atoms with Crippen LogP contribution in [0.4, 0.5) is 10.1 Å². The minimum atomic E-state index is -1.21. The normalized spacial score (nSPS) is 11.8. The van der Waals surface area contributed by atoms with Gasteiger partial charge in [0.15, 0.2) is 0 Å². The summed E-state index contributed by atoms with van der Waals surface area (Å²) in [7, 11) is 0. The molecule has 0 aliphatic rings. The van der Waals surface area contributed by atoms with Gasteiger partial charge in [-0.3, -0.25) is 14.9 Å². The van der Waals surface area contributed by atoms with Crippen LogP contribution in [0.25, 0.3) is 0 Å². The molecule has 2 N–H and O–H groups in total. The van der Waals surface area contributed by atoms with E-state index in [0.29, 0.717) is 5.56 Å². The Kier molecular flexibility index (Phi) is 5.02. The average molecular weight is 318 g/mol. The molecule has 0 fully saturated rings. The van der Waals surface area contributed by atoms with Crippen molar-refractivity contribution in [2.45, 2.75) is 13.0 Å². The van der Waals surface area contributed by atoms with E-state index >= 15 is 0 Å². The maximum atomic E-state index is 13.5. The molecule has 1 amide bonds. The number of aliphatic hydroxyl groups excluding tert-OH is 1. The number of nitro benzene ring substituents is 1. The summed E-state index contributed by atoms with van der Waals surface area (Å²) >= 11 is 0. The van der Waals surface area contributed by atoms with Gasteiger partial charge >= 0.3 is 0 Å². The largest absolute Gasteiger partial charge is 0.386 e. The predicted octanol–water partition coefficient (Wildman–Crippen LogP) is 2.51. The summed E-state index contributed by atoms with van der Waals surface area (Å²) in [5, 5.41) is 23.2. The molecular formula is C16H15FN2O4. The maximum absolute atomic E-state index is 13.5. The van der Waals surface area contributed by atoms with E-state index in [-0.39, 0.29) is 23.4 Å². The quantitative estimate of drug-likeness (QED) is 0.654. The zero-order valence-corrected chi connectivity index (χ0v) is 12.3. The van der Waals surface area contributed by atoms with E-state index in [9.17, 15) is 24.4 Å². The number of aryl methyl sites for hydroxylation is 1. The molecule has 0 radical (unpaired) electrons. The fourth-order valence-corrected chi connectivity index (χ4v) is 2.15. The number of hydrogen-bond acceptors (Lipinski definition) is 4. The Balaban J connectivity index is 2.08. The van der Waals surface area contributed by atoms with Crippen molar-refractivity contribution in [1.29, 1.82) is 0 Å². The molecule has 120 valence electrons. The van der Waals surface area contributed by atoms with Crippen molar-refractivity contribution in [1.82, 2.24) is 5.32 Å². The summed E-state index contributed by atoms with van der Waals surface area (Å²) in [4.78, 5) is 22.3. The van der Waals surface area contributed by atoms with Gasteiger partial charge in [0.25, 0.3) is 11.6 Å². The Morgan fingerprint density at radius 1 is 1.35 bits per heavy atom. The number of non-ortho nitro benzene ring substituents is 1. The van der Waals surface area contributed by atoms with Crippen LogP contribution in [0.2, 0.25) is 0 Å². The average Bonchev–Trinajstić information content (AvgIpc) is 2.52. The highest BCUT2D eigenvalue weighted by Gasteiger charge is 2.16. The first kappa shape index (κ1) is 16.6. The minimum absolute atomic E-state index is 0.0722. The van der Waals surface area contributed by atoms with Gasteiger partial charge in [-0.05, 0) is 24.6 Å². The number of aliphatic hydroxyl groups is 1. The molecule has 0 aliphatic heterocycles. The minimum Gasteiger partial charge on any atom is -0.386 e. The number of nitro groups is 1. The van der Waals surface area contributed by atoms with Crippen molar-refractivity contribution in [2.24, 2.45) is 0 Å². The first-order valence-corrected chi connectivity index (χ1v) is 6.85. The van der Waals surface area contributed by atoms with Crippen LogP contribution < -0.4 is 5.32 Å². The standard InChI is InChI=1S/C16H15FN2O4/c1-10-6-11(8-12(7-10)19(22)23)16(21)18-9-15(20)13-4-2-3-5-14(13)17/h2-8,15,20H,9H2,1H3,(H,18,21). The highest BCUT2D eigenvalue weighted by Crippen LogP contribution is 2.18. The van der Waals surface area contributed by atoms with Crippen LogP contribution in [0.1, 0.15) is 27.6 Å². The third-order valence-corrected chi connectivity index (χ3v) is 3.26. The lowest BCUT2D eigenvalue weighted by molar-refractivity contribution is -0.384. The second kappa shape index (κ2) is 6.97. The van der Waals surface area contributed by atoms with Gasteiger partial charge in [-0.1, -0.05) is 18.2 Å². The molecule has 0 saturated carbocycles. The van der Waals surface area contributed by atoms with E-state index in [2.05, 4.69) is 5.32 Å². The number of nitrogens with zero attached hydrogens (tertiary/aromatic N) is 1. The molecule has 7 heteroatoms. The van der Waals surface area contributed by atoms with Crippen molar-refractivity contribution < 1.29 is 19.2 Å². The molecular weight excluding hydrogens is 303 g/mol. The van der Waals surface area contributed by atoms with E-state index in [1.807, 2.05) is 0 Å². The molecule has 0 heterocycles. The number of amides is 1. The first-order chi connectivity index (χ1) is 10.9. The molecule has 0 saturated heterocycles. The van der Waals surface area contributed by atoms with Crippen molar-refractivity contribution >= 4 is 11.6 Å². The number of nitrogens with one attached hydrogen (secondary N) is 1. The van der Waals surface area contributed by atoms with Crippen molar-refractivity contribution in [3.63, 3.8) is 0 Å². The van der Waals surface area contributed by atoms with Crippen LogP contribution in [0.5, 0.6) is 0 Å². The van der Waals surface area contributed by atoms with Crippen LogP contribution in [0, 0.1) is 22.9 Å². The van der Waals surface area contributed by atoms with Gasteiger partial charge in [0, 0.05) is 29.8 Å².